The Bertz CT molecular complexity index is 468. The molecule has 0 radical (unpaired) electrons. The van der Waals surface area contributed by atoms with E-state index in [1.807, 2.05) is 0 Å². The second-order valence-electron chi connectivity index (χ2n) is 4.46. The van der Waals surface area contributed by atoms with Crippen LogP contribution in [-0.4, -0.2) is 37.6 Å². The zero-order valence-electron chi connectivity index (χ0n) is 11.0. The number of nitrogens with two attached hydrogens (primary N) is 1. The predicted octanol–water partition coefficient (Wildman–Crippen LogP) is 1.42. The largest absolute Gasteiger partial charge is 0.493 e. The van der Waals surface area contributed by atoms with E-state index < -0.39 is 6.10 Å². The second kappa shape index (κ2) is 5.67. The van der Waals surface area contributed by atoms with Gasteiger partial charge in [0.05, 0.1) is 7.11 Å². The summed E-state index contributed by atoms with van der Waals surface area (Å²) in [5, 5.41) is 0.527. The number of amides is 1. The van der Waals surface area contributed by atoms with Crippen LogP contribution >= 0.6 is 11.6 Å². The van der Waals surface area contributed by atoms with Crippen molar-refractivity contribution in [3.05, 3.63) is 22.7 Å². The third-order valence-corrected chi connectivity index (χ3v) is 3.39. The van der Waals surface area contributed by atoms with Gasteiger partial charge in [-0.25, -0.2) is 0 Å². The quantitative estimate of drug-likeness (QED) is 0.908. The zero-order valence-corrected chi connectivity index (χ0v) is 11.7. The van der Waals surface area contributed by atoms with E-state index in [9.17, 15) is 4.79 Å². The molecule has 1 atom stereocenters. The Labute approximate surface area is 117 Å². The molecule has 2 N–H and O–H groups in total. The summed E-state index contributed by atoms with van der Waals surface area (Å²) < 4.78 is 11.1. The number of methoxy groups -OCH3 is 1. The maximum Gasteiger partial charge on any atom is 0.263 e. The summed E-state index contributed by atoms with van der Waals surface area (Å²) in [4.78, 5) is 13.5. The van der Waals surface area contributed by atoms with E-state index >= 15 is 0 Å². The van der Waals surface area contributed by atoms with E-state index in [2.05, 4.69) is 0 Å². The van der Waals surface area contributed by atoms with Gasteiger partial charge >= 0.3 is 0 Å². The Morgan fingerprint density at radius 3 is 2.79 bits per heavy atom. The Kier molecular flexibility index (Phi) is 4.17. The molecule has 0 saturated carbocycles. The summed E-state index contributed by atoms with van der Waals surface area (Å²) in [6, 6.07) is 3.38. The number of likely N-dealkylation sites (tertiary alicyclic amines) is 1. The summed E-state index contributed by atoms with van der Waals surface area (Å²) in [6.45, 7) is 0.959. The standard InChI is InChI=1S/C13H17ClN2O3/c1-16-4-3-10(13(16)17)19-12-8(7-15)5-9(14)6-11(12)18-2/h5-6,10H,3-4,7,15H2,1-2H3. The van der Waals surface area contributed by atoms with Crippen LogP contribution in [0.1, 0.15) is 12.0 Å². The number of halogens is 1. The van der Waals surface area contributed by atoms with Crippen molar-refractivity contribution in [3.63, 3.8) is 0 Å². The third kappa shape index (κ3) is 2.77. The van der Waals surface area contributed by atoms with Crippen molar-refractivity contribution >= 4 is 17.5 Å². The molecule has 1 fully saturated rings. The van der Waals surface area contributed by atoms with E-state index in [-0.39, 0.29) is 12.5 Å². The fraction of sp³-hybridized carbons (Fsp3) is 0.462. The molecule has 1 aliphatic rings. The average Bonchev–Trinajstić information content (AvgIpc) is 2.72. The van der Waals surface area contributed by atoms with Gasteiger partial charge in [-0.3, -0.25) is 4.79 Å². The fourth-order valence-corrected chi connectivity index (χ4v) is 2.33. The Hall–Kier alpha value is -1.46. The molecule has 1 aliphatic heterocycles. The number of hydrogen-bond donors (Lipinski definition) is 1. The van der Waals surface area contributed by atoms with Crippen molar-refractivity contribution in [1.29, 1.82) is 0 Å². The minimum atomic E-state index is -0.481. The van der Waals surface area contributed by atoms with Crippen molar-refractivity contribution < 1.29 is 14.3 Å². The SMILES string of the molecule is COc1cc(Cl)cc(CN)c1OC1CCN(C)C1=O. The highest BCUT2D eigenvalue weighted by molar-refractivity contribution is 6.30. The van der Waals surface area contributed by atoms with Crippen molar-refractivity contribution in [2.75, 3.05) is 20.7 Å². The molecule has 1 amide bonds. The van der Waals surface area contributed by atoms with Gasteiger partial charge in [0.15, 0.2) is 17.6 Å². The summed E-state index contributed by atoms with van der Waals surface area (Å²) in [5.74, 6) is 0.971. The number of ether oxygens (including phenoxy) is 2. The maximum atomic E-state index is 11.9. The highest BCUT2D eigenvalue weighted by Gasteiger charge is 2.32. The van der Waals surface area contributed by atoms with Crippen LogP contribution in [0.25, 0.3) is 0 Å². The van der Waals surface area contributed by atoms with Gasteiger partial charge in [-0.1, -0.05) is 11.6 Å². The van der Waals surface area contributed by atoms with Crippen LogP contribution in [0.2, 0.25) is 5.02 Å². The van der Waals surface area contributed by atoms with E-state index in [4.69, 9.17) is 26.8 Å². The Balaban J connectivity index is 2.31. The van der Waals surface area contributed by atoms with Crippen LogP contribution in [0.3, 0.4) is 0 Å². The summed E-state index contributed by atoms with van der Waals surface area (Å²) >= 11 is 5.98. The summed E-state index contributed by atoms with van der Waals surface area (Å²) in [6.07, 6.45) is 0.177. The van der Waals surface area contributed by atoms with Crippen LogP contribution in [0, 0.1) is 0 Å². The molecule has 6 heteroatoms. The molecule has 5 nitrogen and oxygen atoms in total. The lowest BCUT2D eigenvalue weighted by Crippen LogP contribution is -2.29. The molecule has 1 unspecified atom stereocenters. The molecule has 1 aromatic rings. The van der Waals surface area contributed by atoms with Crippen molar-refractivity contribution in [2.24, 2.45) is 5.73 Å². The fourth-order valence-electron chi connectivity index (χ4n) is 2.10. The molecule has 2 rings (SSSR count). The Morgan fingerprint density at radius 2 is 2.26 bits per heavy atom. The number of carbonyl (C=O) groups is 1. The maximum absolute atomic E-state index is 11.9. The molecule has 104 valence electrons. The topological polar surface area (TPSA) is 64.8 Å². The highest BCUT2D eigenvalue weighted by Crippen LogP contribution is 2.36. The van der Waals surface area contributed by atoms with E-state index in [1.54, 1.807) is 24.1 Å². The number of hydrogen-bond acceptors (Lipinski definition) is 4. The van der Waals surface area contributed by atoms with E-state index in [0.29, 0.717) is 29.5 Å². The summed E-state index contributed by atoms with van der Waals surface area (Å²) in [7, 11) is 3.29. The van der Waals surface area contributed by atoms with E-state index in [1.165, 1.54) is 7.11 Å². The minimum absolute atomic E-state index is 0.0278. The van der Waals surface area contributed by atoms with Crippen LogP contribution in [0.4, 0.5) is 0 Å². The van der Waals surface area contributed by atoms with Gasteiger partial charge < -0.3 is 20.1 Å². The molecule has 1 heterocycles. The molecule has 19 heavy (non-hydrogen) atoms. The van der Waals surface area contributed by atoms with E-state index in [0.717, 1.165) is 5.56 Å². The van der Waals surface area contributed by atoms with Crippen LogP contribution in [0.5, 0.6) is 11.5 Å². The minimum Gasteiger partial charge on any atom is -0.493 e. The van der Waals surface area contributed by atoms with Crippen molar-refractivity contribution in [2.45, 2.75) is 19.1 Å². The first-order chi connectivity index (χ1) is 9.06. The number of rotatable bonds is 4. The monoisotopic (exact) mass is 284 g/mol. The van der Waals surface area contributed by atoms with Gasteiger partial charge in [0, 0.05) is 43.2 Å². The lowest BCUT2D eigenvalue weighted by molar-refractivity contribution is -0.132. The second-order valence-corrected chi connectivity index (χ2v) is 4.89. The molecule has 1 saturated heterocycles. The smallest absolute Gasteiger partial charge is 0.263 e. The highest BCUT2D eigenvalue weighted by atomic mass is 35.5. The molecule has 0 aromatic heterocycles. The molecular weight excluding hydrogens is 268 g/mol. The van der Waals surface area contributed by atoms with Crippen LogP contribution in [0.15, 0.2) is 12.1 Å². The molecule has 0 aliphatic carbocycles. The van der Waals surface area contributed by atoms with Gasteiger partial charge in [-0.2, -0.15) is 0 Å². The van der Waals surface area contributed by atoms with Gasteiger partial charge in [-0.15, -0.1) is 0 Å². The summed E-state index contributed by atoms with van der Waals surface area (Å²) in [5.41, 5.74) is 6.42. The first-order valence-electron chi connectivity index (χ1n) is 6.05. The van der Waals surface area contributed by atoms with Gasteiger partial charge in [0.25, 0.3) is 5.91 Å². The average molecular weight is 285 g/mol. The normalized spacial score (nSPS) is 18.8. The lowest BCUT2D eigenvalue weighted by Gasteiger charge is -2.18. The number of carbonyl (C=O) groups excluding carboxylic acids is 1. The van der Waals surface area contributed by atoms with Gasteiger partial charge in [0.1, 0.15) is 0 Å². The first kappa shape index (κ1) is 14.0. The number of nitrogens with zero attached hydrogens (tertiary/aromatic N) is 1. The molecule has 0 spiro atoms. The van der Waals surface area contributed by atoms with Gasteiger partial charge in [0.2, 0.25) is 0 Å². The number of likely N-dealkylation sites (N-methyl/N-ethyl adjacent to an activating group) is 1. The zero-order chi connectivity index (χ0) is 14.0. The number of benzene rings is 1. The molecule has 0 bridgehead atoms. The first-order valence-corrected chi connectivity index (χ1v) is 6.42. The predicted molar refractivity (Wildman–Crippen MR) is 72.6 cm³/mol. The van der Waals surface area contributed by atoms with Gasteiger partial charge in [-0.05, 0) is 6.07 Å². The molecular formula is C13H17ClN2O3. The van der Waals surface area contributed by atoms with Crippen molar-refractivity contribution in [1.82, 2.24) is 4.90 Å². The third-order valence-electron chi connectivity index (χ3n) is 3.17. The molecule has 1 aromatic carbocycles. The van der Waals surface area contributed by atoms with Crippen LogP contribution < -0.4 is 15.2 Å². The Morgan fingerprint density at radius 1 is 1.53 bits per heavy atom. The van der Waals surface area contributed by atoms with Crippen LogP contribution in [-0.2, 0) is 11.3 Å². The van der Waals surface area contributed by atoms with Crippen molar-refractivity contribution in [3.8, 4) is 11.5 Å². The lowest BCUT2D eigenvalue weighted by atomic mass is 10.1.